The predicted octanol–water partition coefficient (Wildman–Crippen LogP) is -0.362. The van der Waals surface area contributed by atoms with Gasteiger partial charge in [-0.2, -0.15) is 0 Å². The van der Waals surface area contributed by atoms with Crippen molar-refractivity contribution >= 4 is 12.0 Å². The third kappa shape index (κ3) is 1.13. The highest BCUT2D eigenvalue weighted by molar-refractivity contribution is 5.80. The topological polar surface area (TPSA) is 82.3 Å². The Morgan fingerprint density at radius 1 is 1.79 bits per heavy atom. The molecule has 1 aromatic rings. The van der Waals surface area contributed by atoms with Gasteiger partial charge in [0.1, 0.15) is 0 Å². The second-order valence-corrected chi connectivity index (χ2v) is 3.61. The number of rotatable bonds is 1. The quantitative estimate of drug-likeness (QED) is 0.534. The van der Waals surface area contributed by atoms with Crippen LogP contribution in [0.4, 0.5) is 5.69 Å². The Morgan fingerprint density at radius 2 is 2.50 bits per heavy atom. The number of carbonyl (C=O) groups excluding carboxylic acids is 1. The van der Waals surface area contributed by atoms with Gasteiger partial charge < -0.3 is 20.7 Å². The molecule has 0 spiro atoms. The Bertz CT molecular complexity index is 361. The fourth-order valence-corrected chi connectivity index (χ4v) is 1.89. The van der Waals surface area contributed by atoms with Gasteiger partial charge in [0, 0.05) is 25.4 Å². The van der Waals surface area contributed by atoms with E-state index in [1.165, 1.54) is 0 Å². The van der Waals surface area contributed by atoms with Crippen molar-refractivity contribution in [1.29, 1.82) is 0 Å². The van der Waals surface area contributed by atoms with Crippen LogP contribution in [-0.2, 0) is 0 Å². The number of nitrogens with zero attached hydrogens (tertiary/aromatic N) is 1. The molecule has 1 aromatic heterocycles. The molecule has 0 fully saturated rings. The SMILES string of the molecule is CN1CC(N)C(O)c2c1c[nH]c2C=O. The van der Waals surface area contributed by atoms with E-state index in [2.05, 4.69) is 4.98 Å². The minimum atomic E-state index is -0.757. The number of likely N-dealkylation sites (N-methyl/N-ethyl adjacent to an activating group) is 1. The average Bonchev–Trinajstić information content (AvgIpc) is 2.58. The van der Waals surface area contributed by atoms with Crippen LogP contribution >= 0.6 is 0 Å². The summed E-state index contributed by atoms with van der Waals surface area (Å²) in [6, 6.07) is -0.345. The zero-order chi connectivity index (χ0) is 10.3. The average molecular weight is 195 g/mol. The predicted molar refractivity (Wildman–Crippen MR) is 52.4 cm³/mol. The lowest BCUT2D eigenvalue weighted by Gasteiger charge is -2.33. The van der Waals surface area contributed by atoms with Crippen LogP contribution in [0, 0.1) is 0 Å². The number of H-pyrrole nitrogens is 1. The van der Waals surface area contributed by atoms with Crippen molar-refractivity contribution < 1.29 is 9.90 Å². The summed E-state index contributed by atoms with van der Waals surface area (Å²) < 4.78 is 0. The van der Waals surface area contributed by atoms with Gasteiger partial charge in [0.25, 0.3) is 0 Å². The summed E-state index contributed by atoms with van der Waals surface area (Å²) in [5.41, 5.74) is 7.62. The largest absolute Gasteiger partial charge is 0.387 e. The van der Waals surface area contributed by atoms with Crippen LogP contribution in [0.1, 0.15) is 22.2 Å². The molecule has 0 radical (unpaired) electrons. The Balaban J connectivity index is 2.53. The number of aliphatic hydroxyl groups is 1. The Hall–Kier alpha value is -1.33. The second kappa shape index (κ2) is 3.11. The number of nitrogens with two attached hydrogens (primary N) is 1. The van der Waals surface area contributed by atoms with Crippen LogP contribution in [0.2, 0.25) is 0 Å². The molecule has 2 heterocycles. The molecule has 0 aromatic carbocycles. The van der Waals surface area contributed by atoms with E-state index in [0.29, 0.717) is 24.1 Å². The van der Waals surface area contributed by atoms with E-state index in [4.69, 9.17) is 5.73 Å². The van der Waals surface area contributed by atoms with Crippen LogP contribution in [0.3, 0.4) is 0 Å². The number of carbonyl (C=O) groups is 1. The Kier molecular flexibility index (Phi) is 2.05. The number of fused-ring (bicyclic) bond motifs is 1. The summed E-state index contributed by atoms with van der Waals surface area (Å²) in [4.78, 5) is 15.4. The molecule has 0 saturated carbocycles. The number of nitrogens with one attached hydrogen (secondary N) is 1. The highest BCUT2D eigenvalue weighted by atomic mass is 16.3. The molecule has 0 aliphatic carbocycles. The minimum Gasteiger partial charge on any atom is -0.387 e. The minimum absolute atomic E-state index is 0.345. The third-order valence-electron chi connectivity index (χ3n) is 2.65. The number of aliphatic hydroxyl groups excluding tert-OH is 1. The van der Waals surface area contributed by atoms with Crippen molar-refractivity contribution in [2.24, 2.45) is 5.73 Å². The van der Waals surface area contributed by atoms with Gasteiger partial charge in [-0.15, -0.1) is 0 Å². The molecule has 1 aliphatic heterocycles. The Labute approximate surface area is 81.5 Å². The van der Waals surface area contributed by atoms with E-state index in [9.17, 15) is 9.90 Å². The van der Waals surface area contributed by atoms with Crippen molar-refractivity contribution in [1.82, 2.24) is 4.98 Å². The van der Waals surface area contributed by atoms with Crippen LogP contribution < -0.4 is 10.6 Å². The molecule has 0 amide bonds. The summed E-state index contributed by atoms with van der Waals surface area (Å²) in [6.45, 7) is 0.588. The van der Waals surface area contributed by atoms with Crippen molar-refractivity contribution in [3.8, 4) is 0 Å². The maximum atomic E-state index is 10.7. The molecule has 2 atom stereocenters. The molecule has 2 unspecified atom stereocenters. The zero-order valence-corrected chi connectivity index (χ0v) is 7.90. The standard InChI is InChI=1S/C9H13N3O2/c1-12-3-5(10)9(14)8-6(4-13)11-2-7(8)12/h2,4-5,9,11,14H,3,10H2,1H3. The summed E-state index contributed by atoms with van der Waals surface area (Å²) in [6.07, 6.45) is 1.66. The first-order valence-corrected chi connectivity index (χ1v) is 4.46. The van der Waals surface area contributed by atoms with Crippen molar-refractivity contribution in [3.63, 3.8) is 0 Å². The van der Waals surface area contributed by atoms with Crippen LogP contribution in [-0.4, -0.2) is 36.0 Å². The van der Waals surface area contributed by atoms with Crippen LogP contribution in [0.25, 0.3) is 0 Å². The van der Waals surface area contributed by atoms with Gasteiger partial charge in [0.2, 0.25) is 0 Å². The fourth-order valence-electron chi connectivity index (χ4n) is 1.89. The highest BCUT2D eigenvalue weighted by Gasteiger charge is 2.31. The smallest absolute Gasteiger partial charge is 0.166 e. The zero-order valence-electron chi connectivity index (χ0n) is 7.90. The van der Waals surface area contributed by atoms with Crippen molar-refractivity contribution in [2.75, 3.05) is 18.5 Å². The summed E-state index contributed by atoms with van der Waals surface area (Å²) >= 11 is 0. The van der Waals surface area contributed by atoms with Crippen molar-refractivity contribution in [2.45, 2.75) is 12.1 Å². The Morgan fingerprint density at radius 3 is 3.14 bits per heavy atom. The van der Waals surface area contributed by atoms with Gasteiger partial charge in [-0.25, -0.2) is 0 Å². The third-order valence-corrected chi connectivity index (χ3v) is 2.65. The van der Waals surface area contributed by atoms with Gasteiger partial charge in [-0.3, -0.25) is 4.79 Å². The monoisotopic (exact) mass is 195 g/mol. The molecular formula is C9H13N3O2. The number of anilines is 1. The second-order valence-electron chi connectivity index (χ2n) is 3.61. The first kappa shape index (κ1) is 9.23. The first-order valence-electron chi connectivity index (χ1n) is 4.46. The van der Waals surface area contributed by atoms with E-state index < -0.39 is 6.10 Å². The maximum absolute atomic E-state index is 10.7. The van der Waals surface area contributed by atoms with E-state index in [1.54, 1.807) is 6.20 Å². The van der Waals surface area contributed by atoms with Gasteiger partial charge in [0.05, 0.1) is 23.5 Å². The molecule has 5 nitrogen and oxygen atoms in total. The van der Waals surface area contributed by atoms with Gasteiger partial charge >= 0.3 is 0 Å². The van der Waals surface area contributed by atoms with Gasteiger partial charge in [0.15, 0.2) is 6.29 Å². The summed E-state index contributed by atoms with van der Waals surface area (Å²) in [7, 11) is 1.88. The van der Waals surface area contributed by atoms with E-state index in [0.717, 1.165) is 5.69 Å². The number of hydrogen-bond donors (Lipinski definition) is 3. The molecule has 0 bridgehead atoms. The van der Waals surface area contributed by atoms with Crippen LogP contribution in [0.5, 0.6) is 0 Å². The fraction of sp³-hybridized carbons (Fsp3) is 0.444. The maximum Gasteiger partial charge on any atom is 0.166 e. The lowest BCUT2D eigenvalue weighted by molar-refractivity contribution is 0.110. The van der Waals surface area contributed by atoms with E-state index in [1.807, 2.05) is 11.9 Å². The number of aromatic amines is 1. The summed E-state index contributed by atoms with van der Waals surface area (Å²) in [5.74, 6) is 0. The summed E-state index contributed by atoms with van der Waals surface area (Å²) in [5, 5.41) is 9.82. The molecule has 1 aliphatic rings. The molecule has 76 valence electrons. The molecule has 2 rings (SSSR count). The number of aromatic nitrogens is 1. The first-order chi connectivity index (χ1) is 6.65. The van der Waals surface area contributed by atoms with E-state index >= 15 is 0 Å². The number of aldehydes is 1. The highest BCUT2D eigenvalue weighted by Crippen LogP contribution is 2.34. The van der Waals surface area contributed by atoms with Gasteiger partial charge in [-0.05, 0) is 0 Å². The normalized spacial score (nSPS) is 26.1. The number of hydrogen-bond acceptors (Lipinski definition) is 4. The lowest BCUT2D eigenvalue weighted by Crippen LogP contribution is -2.44. The van der Waals surface area contributed by atoms with E-state index in [-0.39, 0.29) is 6.04 Å². The molecule has 5 heteroatoms. The lowest BCUT2D eigenvalue weighted by atomic mass is 9.97. The molecule has 4 N–H and O–H groups in total. The van der Waals surface area contributed by atoms with Gasteiger partial charge in [-0.1, -0.05) is 0 Å². The molecule has 14 heavy (non-hydrogen) atoms. The van der Waals surface area contributed by atoms with Crippen LogP contribution in [0.15, 0.2) is 6.20 Å². The van der Waals surface area contributed by atoms with Crippen molar-refractivity contribution in [3.05, 3.63) is 17.5 Å². The molecule has 0 saturated heterocycles. The molecular weight excluding hydrogens is 182 g/mol.